The van der Waals surface area contributed by atoms with E-state index in [1.165, 1.54) is 0 Å². The smallest absolute Gasteiger partial charge is 0.338 e. The number of hydrogen-bond donors (Lipinski definition) is 2. The SMILES string of the molecule is CC1=C(C(=O)OCC(C)C)[C@H](c2cccs2)NC(=S)N1. The van der Waals surface area contributed by atoms with Gasteiger partial charge in [-0.1, -0.05) is 19.9 Å². The van der Waals surface area contributed by atoms with Crippen LogP contribution in [-0.4, -0.2) is 17.7 Å². The first kappa shape index (κ1) is 15.0. The Morgan fingerprint density at radius 1 is 1.55 bits per heavy atom. The summed E-state index contributed by atoms with van der Waals surface area (Å²) in [6.45, 7) is 6.28. The number of thiophene rings is 1. The van der Waals surface area contributed by atoms with Gasteiger partial charge in [-0.15, -0.1) is 11.3 Å². The predicted molar refractivity (Wildman–Crippen MR) is 84.4 cm³/mol. The summed E-state index contributed by atoms with van der Waals surface area (Å²) in [7, 11) is 0. The van der Waals surface area contributed by atoms with Crippen LogP contribution in [0.2, 0.25) is 0 Å². The van der Waals surface area contributed by atoms with Crippen LogP contribution in [0.1, 0.15) is 31.7 Å². The fourth-order valence-corrected chi connectivity index (χ4v) is 3.01. The first-order valence-electron chi connectivity index (χ1n) is 6.48. The fourth-order valence-electron chi connectivity index (χ4n) is 1.95. The highest BCUT2D eigenvalue weighted by Crippen LogP contribution is 2.30. The Hall–Kier alpha value is -1.40. The van der Waals surface area contributed by atoms with Crippen molar-refractivity contribution < 1.29 is 9.53 Å². The van der Waals surface area contributed by atoms with Crippen molar-refractivity contribution in [3.05, 3.63) is 33.7 Å². The molecule has 20 heavy (non-hydrogen) atoms. The molecule has 0 aliphatic carbocycles. The maximum absolute atomic E-state index is 12.3. The molecule has 1 atom stereocenters. The second kappa shape index (κ2) is 6.37. The van der Waals surface area contributed by atoms with E-state index < -0.39 is 0 Å². The largest absolute Gasteiger partial charge is 0.462 e. The molecule has 1 aliphatic heterocycles. The van der Waals surface area contributed by atoms with E-state index in [9.17, 15) is 4.79 Å². The van der Waals surface area contributed by atoms with Crippen molar-refractivity contribution in [1.82, 2.24) is 10.6 Å². The number of ether oxygens (including phenoxy) is 1. The highest BCUT2D eigenvalue weighted by atomic mass is 32.1. The second-order valence-electron chi connectivity index (χ2n) is 5.08. The number of carbonyl (C=O) groups excluding carboxylic acids is 1. The molecular formula is C14H18N2O2S2. The van der Waals surface area contributed by atoms with Gasteiger partial charge in [0.25, 0.3) is 0 Å². The van der Waals surface area contributed by atoms with Crippen LogP contribution in [0.3, 0.4) is 0 Å². The van der Waals surface area contributed by atoms with Crippen molar-refractivity contribution in [2.75, 3.05) is 6.61 Å². The van der Waals surface area contributed by atoms with Gasteiger partial charge in [0.1, 0.15) is 0 Å². The summed E-state index contributed by atoms with van der Waals surface area (Å²) in [4.78, 5) is 13.4. The average Bonchev–Trinajstić information content (AvgIpc) is 2.88. The molecule has 1 aromatic heterocycles. The second-order valence-corrected chi connectivity index (χ2v) is 6.47. The normalized spacial score (nSPS) is 18.8. The topological polar surface area (TPSA) is 50.4 Å². The molecule has 0 radical (unpaired) electrons. The first-order chi connectivity index (χ1) is 9.49. The number of rotatable bonds is 4. The van der Waals surface area contributed by atoms with Gasteiger partial charge in [0, 0.05) is 10.6 Å². The number of nitrogens with one attached hydrogen (secondary N) is 2. The fraction of sp³-hybridized carbons (Fsp3) is 0.429. The Labute approximate surface area is 128 Å². The van der Waals surface area contributed by atoms with Crippen LogP contribution in [0.25, 0.3) is 0 Å². The van der Waals surface area contributed by atoms with E-state index >= 15 is 0 Å². The number of allylic oxidation sites excluding steroid dienone is 1. The molecule has 0 fully saturated rings. The van der Waals surface area contributed by atoms with Gasteiger partial charge in [0.05, 0.1) is 18.2 Å². The molecule has 1 aromatic rings. The van der Waals surface area contributed by atoms with E-state index in [0.29, 0.717) is 23.2 Å². The third-order valence-electron chi connectivity index (χ3n) is 2.86. The van der Waals surface area contributed by atoms with Gasteiger partial charge in [-0.25, -0.2) is 4.79 Å². The number of hydrogen-bond acceptors (Lipinski definition) is 4. The van der Waals surface area contributed by atoms with Gasteiger partial charge in [-0.3, -0.25) is 0 Å². The minimum absolute atomic E-state index is 0.233. The number of thiocarbonyl (C=S) groups is 1. The molecule has 108 valence electrons. The zero-order valence-electron chi connectivity index (χ0n) is 11.7. The highest BCUT2D eigenvalue weighted by molar-refractivity contribution is 7.80. The van der Waals surface area contributed by atoms with Gasteiger partial charge in [0.15, 0.2) is 5.11 Å². The lowest BCUT2D eigenvalue weighted by Crippen LogP contribution is -2.45. The van der Waals surface area contributed by atoms with Gasteiger partial charge >= 0.3 is 5.97 Å². The number of esters is 1. The van der Waals surface area contributed by atoms with Crippen LogP contribution >= 0.6 is 23.6 Å². The van der Waals surface area contributed by atoms with Crippen LogP contribution in [0.5, 0.6) is 0 Å². The van der Waals surface area contributed by atoms with Crippen molar-refractivity contribution in [1.29, 1.82) is 0 Å². The molecule has 0 spiro atoms. The van der Waals surface area contributed by atoms with Crippen LogP contribution in [-0.2, 0) is 9.53 Å². The maximum atomic E-state index is 12.3. The summed E-state index contributed by atoms with van der Waals surface area (Å²) in [6.07, 6.45) is 0. The van der Waals surface area contributed by atoms with Crippen molar-refractivity contribution in [2.45, 2.75) is 26.8 Å². The Bertz CT molecular complexity index is 535. The first-order valence-corrected chi connectivity index (χ1v) is 7.76. The van der Waals surface area contributed by atoms with E-state index in [2.05, 4.69) is 10.6 Å². The predicted octanol–water partition coefficient (Wildman–Crippen LogP) is 2.74. The summed E-state index contributed by atoms with van der Waals surface area (Å²) < 4.78 is 5.36. The quantitative estimate of drug-likeness (QED) is 0.661. The van der Waals surface area contributed by atoms with E-state index in [-0.39, 0.29) is 12.0 Å². The Morgan fingerprint density at radius 3 is 2.90 bits per heavy atom. The van der Waals surface area contributed by atoms with E-state index in [0.717, 1.165) is 10.6 Å². The molecule has 0 amide bonds. The minimum atomic E-state index is -0.294. The Balaban J connectivity index is 2.27. The molecule has 6 heteroatoms. The van der Waals surface area contributed by atoms with E-state index in [1.807, 2.05) is 38.3 Å². The maximum Gasteiger partial charge on any atom is 0.338 e. The van der Waals surface area contributed by atoms with Crippen LogP contribution in [0.15, 0.2) is 28.8 Å². The van der Waals surface area contributed by atoms with E-state index in [1.54, 1.807) is 11.3 Å². The third-order valence-corrected chi connectivity index (χ3v) is 4.02. The standard InChI is InChI=1S/C14H18N2O2S2/c1-8(2)7-18-13(17)11-9(3)15-14(19)16-12(11)10-5-4-6-20-10/h4-6,8,12H,7H2,1-3H3,(H2,15,16,19)/t12-/m0/s1. The summed E-state index contributed by atoms with van der Waals surface area (Å²) >= 11 is 6.76. The monoisotopic (exact) mass is 310 g/mol. The zero-order valence-corrected chi connectivity index (χ0v) is 13.4. The Morgan fingerprint density at radius 2 is 2.30 bits per heavy atom. The van der Waals surface area contributed by atoms with E-state index in [4.69, 9.17) is 17.0 Å². The van der Waals surface area contributed by atoms with Crippen LogP contribution < -0.4 is 10.6 Å². The third kappa shape index (κ3) is 3.37. The van der Waals surface area contributed by atoms with Gasteiger partial charge in [-0.05, 0) is 36.5 Å². The van der Waals surface area contributed by atoms with Crippen molar-refractivity contribution in [3.63, 3.8) is 0 Å². The molecule has 0 aromatic carbocycles. The Kier molecular flexibility index (Phi) is 4.77. The highest BCUT2D eigenvalue weighted by Gasteiger charge is 2.31. The van der Waals surface area contributed by atoms with Crippen LogP contribution in [0, 0.1) is 5.92 Å². The van der Waals surface area contributed by atoms with Gasteiger partial charge < -0.3 is 15.4 Å². The summed E-state index contributed by atoms with van der Waals surface area (Å²) in [5.74, 6) is 0.0164. The average molecular weight is 310 g/mol. The lowest BCUT2D eigenvalue weighted by molar-refractivity contribution is -0.140. The molecular weight excluding hydrogens is 292 g/mol. The summed E-state index contributed by atoms with van der Waals surface area (Å²) in [5, 5.41) is 8.64. The molecule has 0 unspecified atom stereocenters. The molecule has 1 aliphatic rings. The molecule has 2 heterocycles. The van der Waals surface area contributed by atoms with Crippen molar-refractivity contribution in [3.8, 4) is 0 Å². The van der Waals surface area contributed by atoms with Gasteiger partial charge in [-0.2, -0.15) is 0 Å². The van der Waals surface area contributed by atoms with Crippen LogP contribution in [0.4, 0.5) is 0 Å². The van der Waals surface area contributed by atoms with Gasteiger partial charge in [0.2, 0.25) is 0 Å². The number of carbonyl (C=O) groups is 1. The molecule has 2 N–H and O–H groups in total. The minimum Gasteiger partial charge on any atom is -0.462 e. The molecule has 2 rings (SSSR count). The lowest BCUT2D eigenvalue weighted by atomic mass is 10.0. The molecule has 0 saturated heterocycles. The summed E-state index contributed by atoms with van der Waals surface area (Å²) in [5.41, 5.74) is 1.35. The van der Waals surface area contributed by atoms with Crippen molar-refractivity contribution >= 4 is 34.6 Å². The molecule has 0 bridgehead atoms. The lowest BCUT2D eigenvalue weighted by Gasteiger charge is -2.29. The van der Waals surface area contributed by atoms with Crippen molar-refractivity contribution in [2.24, 2.45) is 5.92 Å². The molecule has 4 nitrogen and oxygen atoms in total. The molecule has 0 saturated carbocycles. The summed E-state index contributed by atoms with van der Waals surface area (Å²) in [6, 6.07) is 3.71. The zero-order chi connectivity index (χ0) is 14.7.